The van der Waals surface area contributed by atoms with Gasteiger partial charge in [-0.05, 0) is 37.1 Å². The minimum absolute atomic E-state index is 0.0695. The van der Waals surface area contributed by atoms with E-state index in [1.54, 1.807) is 0 Å². The van der Waals surface area contributed by atoms with Crippen LogP contribution in [0, 0.1) is 0 Å². The van der Waals surface area contributed by atoms with E-state index in [9.17, 15) is 13.2 Å². The molecule has 1 N–H and O–H groups in total. The van der Waals surface area contributed by atoms with Crippen LogP contribution in [0.2, 0.25) is 5.02 Å². The average Bonchev–Trinajstić information content (AvgIpc) is 2.79. The molecule has 1 aromatic rings. The summed E-state index contributed by atoms with van der Waals surface area (Å²) < 4.78 is 25.6. The van der Waals surface area contributed by atoms with E-state index in [0.29, 0.717) is 17.9 Å². The molecule has 0 radical (unpaired) electrons. The molecule has 18 heavy (non-hydrogen) atoms. The average molecular weight is 290 g/mol. The third-order valence-electron chi connectivity index (χ3n) is 2.91. The zero-order valence-electron chi connectivity index (χ0n) is 9.41. The highest BCUT2D eigenvalue weighted by atomic mass is 35.5. The van der Waals surface area contributed by atoms with Crippen LogP contribution in [-0.4, -0.2) is 36.4 Å². The van der Waals surface area contributed by atoms with Crippen molar-refractivity contribution in [2.24, 2.45) is 0 Å². The second-order valence-electron chi connectivity index (χ2n) is 4.07. The van der Waals surface area contributed by atoms with Crippen LogP contribution in [0.15, 0.2) is 29.2 Å². The SMILES string of the molecule is O=C(O)[C@H]1CCCN1S(=O)(=O)c1ccc(Cl)cc1. The van der Waals surface area contributed by atoms with Crippen LogP contribution in [0.25, 0.3) is 0 Å². The maximum absolute atomic E-state index is 12.3. The van der Waals surface area contributed by atoms with Crippen LogP contribution in [0.3, 0.4) is 0 Å². The van der Waals surface area contributed by atoms with Crippen molar-refractivity contribution >= 4 is 27.6 Å². The number of carbonyl (C=O) groups is 1. The topological polar surface area (TPSA) is 74.7 Å². The molecule has 1 aliphatic rings. The fraction of sp³-hybridized carbons (Fsp3) is 0.364. The van der Waals surface area contributed by atoms with Gasteiger partial charge in [0.2, 0.25) is 10.0 Å². The molecule has 2 rings (SSSR count). The summed E-state index contributed by atoms with van der Waals surface area (Å²) in [7, 11) is -3.76. The van der Waals surface area contributed by atoms with Crippen molar-refractivity contribution in [3.63, 3.8) is 0 Å². The number of halogens is 1. The van der Waals surface area contributed by atoms with E-state index in [2.05, 4.69) is 0 Å². The minimum atomic E-state index is -3.76. The van der Waals surface area contributed by atoms with Gasteiger partial charge in [-0.3, -0.25) is 4.79 Å². The molecular weight excluding hydrogens is 278 g/mol. The molecule has 1 aromatic carbocycles. The number of carboxylic acid groups (broad SMARTS) is 1. The smallest absolute Gasteiger partial charge is 0.322 e. The van der Waals surface area contributed by atoms with Crippen LogP contribution in [0.4, 0.5) is 0 Å². The maximum atomic E-state index is 12.3. The lowest BCUT2D eigenvalue weighted by Gasteiger charge is -2.20. The van der Waals surface area contributed by atoms with Crippen molar-refractivity contribution in [2.75, 3.05) is 6.54 Å². The molecule has 1 saturated heterocycles. The number of rotatable bonds is 3. The number of nitrogens with zero attached hydrogens (tertiary/aromatic N) is 1. The van der Waals surface area contributed by atoms with Crippen molar-refractivity contribution in [3.05, 3.63) is 29.3 Å². The predicted molar refractivity (Wildman–Crippen MR) is 66.0 cm³/mol. The molecule has 0 aromatic heterocycles. The van der Waals surface area contributed by atoms with Crippen molar-refractivity contribution in [2.45, 2.75) is 23.8 Å². The summed E-state index contributed by atoms with van der Waals surface area (Å²) >= 11 is 5.70. The molecule has 0 spiro atoms. The van der Waals surface area contributed by atoms with Crippen LogP contribution >= 0.6 is 11.6 Å². The standard InChI is InChI=1S/C11H12ClNO4S/c12-8-3-5-9(6-4-8)18(16,17)13-7-1-2-10(13)11(14)15/h3-6,10H,1-2,7H2,(H,14,15)/t10-/m1/s1. The van der Waals surface area contributed by atoms with Gasteiger partial charge in [0.25, 0.3) is 0 Å². The summed E-state index contributed by atoms with van der Waals surface area (Å²) in [5.41, 5.74) is 0. The van der Waals surface area contributed by atoms with Gasteiger partial charge < -0.3 is 5.11 Å². The molecule has 98 valence electrons. The first-order chi connectivity index (χ1) is 8.43. The van der Waals surface area contributed by atoms with E-state index < -0.39 is 22.0 Å². The second-order valence-corrected chi connectivity index (χ2v) is 6.39. The summed E-state index contributed by atoms with van der Waals surface area (Å²) in [6.45, 7) is 0.238. The summed E-state index contributed by atoms with van der Waals surface area (Å²) in [5.74, 6) is -1.11. The zero-order chi connectivity index (χ0) is 13.3. The molecule has 7 heteroatoms. The van der Waals surface area contributed by atoms with Crippen molar-refractivity contribution in [1.29, 1.82) is 0 Å². The summed E-state index contributed by atoms with van der Waals surface area (Å²) in [6.07, 6.45) is 0.909. The van der Waals surface area contributed by atoms with Gasteiger partial charge in [-0.1, -0.05) is 11.6 Å². The molecular formula is C11H12ClNO4S. The molecule has 0 unspecified atom stereocenters. The Morgan fingerprint density at radius 2 is 1.94 bits per heavy atom. The highest BCUT2D eigenvalue weighted by molar-refractivity contribution is 7.89. The second kappa shape index (κ2) is 4.87. The molecule has 0 saturated carbocycles. The van der Waals surface area contributed by atoms with Gasteiger partial charge in [0.1, 0.15) is 6.04 Å². The molecule has 1 fully saturated rings. The van der Waals surface area contributed by atoms with E-state index >= 15 is 0 Å². The predicted octanol–water partition coefficient (Wildman–Crippen LogP) is 1.58. The quantitative estimate of drug-likeness (QED) is 0.917. The van der Waals surface area contributed by atoms with E-state index in [-0.39, 0.29) is 11.4 Å². The minimum Gasteiger partial charge on any atom is -0.480 e. The van der Waals surface area contributed by atoms with Crippen LogP contribution in [0.1, 0.15) is 12.8 Å². The van der Waals surface area contributed by atoms with Gasteiger partial charge in [0, 0.05) is 11.6 Å². The molecule has 1 heterocycles. The monoisotopic (exact) mass is 289 g/mol. The molecule has 0 bridgehead atoms. The van der Waals surface area contributed by atoms with Crippen LogP contribution < -0.4 is 0 Å². The Morgan fingerprint density at radius 3 is 2.50 bits per heavy atom. The molecule has 5 nitrogen and oxygen atoms in total. The number of benzene rings is 1. The summed E-state index contributed by atoms with van der Waals surface area (Å²) in [6, 6.07) is 4.75. The Kier molecular flexibility index (Phi) is 3.61. The highest BCUT2D eigenvalue weighted by Gasteiger charge is 2.39. The lowest BCUT2D eigenvalue weighted by Crippen LogP contribution is -2.40. The van der Waals surface area contributed by atoms with E-state index in [1.807, 2.05) is 0 Å². The normalized spacial score (nSPS) is 21.1. The number of aliphatic carboxylic acids is 1. The summed E-state index contributed by atoms with van der Waals surface area (Å²) in [5, 5.41) is 9.45. The first kappa shape index (κ1) is 13.3. The van der Waals surface area contributed by atoms with Gasteiger partial charge in [0.05, 0.1) is 4.90 Å². The summed E-state index contributed by atoms with van der Waals surface area (Å²) in [4.78, 5) is 11.1. The lowest BCUT2D eigenvalue weighted by atomic mass is 10.2. The lowest BCUT2D eigenvalue weighted by molar-refractivity contribution is -0.140. The van der Waals surface area contributed by atoms with Crippen molar-refractivity contribution < 1.29 is 18.3 Å². The molecule has 1 atom stereocenters. The number of hydrogen-bond acceptors (Lipinski definition) is 3. The maximum Gasteiger partial charge on any atom is 0.322 e. The Hall–Kier alpha value is -1.11. The first-order valence-corrected chi connectivity index (χ1v) is 7.25. The van der Waals surface area contributed by atoms with Gasteiger partial charge >= 0.3 is 5.97 Å². The Labute approximate surface area is 110 Å². The largest absolute Gasteiger partial charge is 0.480 e. The van der Waals surface area contributed by atoms with E-state index in [0.717, 1.165) is 4.31 Å². The Balaban J connectivity index is 2.36. The zero-order valence-corrected chi connectivity index (χ0v) is 11.0. The third kappa shape index (κ3) is 2.36. The van der Waals surface area contributed by atoms with Gasteiger partial charge in [-0.15, -0.1) is 0 Å². The fourth-order valence-electron chi connectivity index (χ4n) is 2.02. The molecule has 0 aliphatic carbocycles. The Bertz CT molecular complexity index is 555. The van der Waals surface area contributed by atoms with Gasteiger partial charge in [-0.25, -0.2) is 8.42 Å². The molecule has 1 aliphatic heterocycles. The van der Waals surface area contributed by atoms with Gasteiger partial charge in [-0.2, -0.15) is 4.31 Å². The van der Waals surface area contributed by atoms with Crippen molar-refractivity contribution in [3.8, 4) is 0 Å². The number of hydrogen-bond donors (Lipinski definition) is 1. The fourth-order valence-corrected chi connectivity index (χ4v) is 3.79. The first-order valence-electron chi connectivity index (χ1n) is 5.43. The molecule has 0 amide bonds. The van der Waals surface area contributed by atoms with Crippen LogP contribution in [-0.2, 0) is 14.8 Å². The van der Waals surface area contributed by atoms with Gasteiger partial charge in [0.15, 0.2) is 0 Å². The third-order valence-corrected chi connectivity index (χ3v) is 5.08. The number of sulfonamides is 1. The van der Waals surface area contributed by atoms with E-state index in [1.165, 1.54) is 24.3 Å². The Morgan fingerprint density at radius 1 is 1.33 bits per heavy atom. The number of carboxylic acids is 1. The van der Waals surface area contributed by atoms with Crippen LogP contribution in [0.5, 0.6) is 0 Å². The van der Waals surface area contributed by atoms with Crippen molar-refractivity contribution in [1.82, 2.24) is 4.31 Å². The highest BCUT2D eigenvalue weighted by Crippen LogP contribution is 2.26. The van der Waals surface area contributed by atoms with E-state index in [4.69, 9.17) is 16.7 Å².